The molecule has 1 aliphatic heterocycles. The fourth-order valence-corrected chi connectivity index (χ4v) is 3.46. The molecule has 1 N–H and O–H groups in total. The predicted octanol–water partition coefficient (Wildman–Crippen LogP) is 5.52. The Bertz CT molecular complexity index is 1190. The maximum absolute atomic E-state index is 13.3. The zero-order valence-corrected chi connectivity index (χ0v) is 17.3. The first-order chi connectivity index (χ1) is 15.0. The largest absolute Gasteiger partial charge is 0.497 e. The highest BCUT2D eigenvalue weighted by atomic mass is 35.5. The van der Waals surface area contributed by atoms with Crippen LogP contribution in [0, 0.1) is 0 Å². The number of nitrogens with zero attached hydrogens (tertiary/aromatic N) is 1. The first-order valence-corrected chi connectivity index (χ1v) is 9.85. The number of ether oxygens (including phenoxy) is 1. The number of methoxy groups -OCH3 is 1. The molecule has 0 atom stereocenters. The monoisotopic (exact) mass is 431 g/mol. The number of carboxylic acid groups (broad SMARTS) is 1. The molecule has 3 aromatic carbocycles. The first kappa shape index (κ1) is 20.4. The third-order valence-corrected chi connectivity index (χ3v) is 5.19. The van der Waals surface area contributed by atoms with Gasteiger partial charge >= 0.3 is 5.97 Å². The zero-order valence-electron chi connectivity index (χ0n) is 16.6. The van der Waals surface area contributed by atoms with E-state index in [9.17, 15) is 14.7 Å². The fraction of sp³-hybridized carbons (Fsp3) is 0.0400. The van der Waals surface area contributed by atoms with E-state index >= 15 is 0 Å². The molecule has 5 nitrogen and oxygen atoms in total. The third-order valence-electron chi connectivity index (χ3n) is 4.93. The molecule has 0 radical (unpaired) electrons. The van der Waals surface area contributed by atoms with Gasteiger partial charge in [-0.25, -0.2) is 4.79 Å². The summed E-state index contributed by atoms with van der Waals surface area (Å²) in [5, 5.41) is 9.77. The van der Waals surface area contributed by atoms with E-state index in [1.54, 1.807) is 36.3 Å². The van der Waals surface area contributed by atoms with Gasteiger partial charge in [-0.3, -0.25) is 9.69 Å². The summed E-state index contributed by atoms with van der Waals surface area (Å²) in [6, 6.07) is 20.8. The Morgan fingerprint density at radius 1 is 0.968 bits per heavy atom. The molecule has 6 heteroatoms. The lowest BCUT2D eigenvalue weighted by molar-refractivity contribution is -0.113. The molecular formula is C25H18ClNO4. The van der Waals surface area contributed by atoms with Crippen molar-refractivity contribution in [2.75, 3.05) is 12.0 Å². The zero-order chi connectivity index (χ0) is 22.0. The molecule has 154 valence electrons. The number of hydrogen-bond acceptors (Lipinski definition) is 3. The molecule has 1 heterocycles. The van der Waals surface area contributed by atoms with Crippen molar-refractivity contribution < 1.29 is 19.4 Å². The summed E-state index contributed by atoms with van der Waals surface area (Å²) in [6.45, 7) is 0. The van der Waals surface area contributed by atoms with Crippen LogP contribution in [0.2, 0.25) is 5.02 Å². The van der Waals surface area contributed by atoms with E-state index in [0.29, 0.717) is 22.0 Å². The molecule has 0 aromatic heterocycles. The summed E-state index contributed by atoms with van der Waals surface area (Å²) < 4.78 is 5.19. The van der Waals surface area contributed by atoms with Gasteiger partial charge < -0.3 is 9.84 Å². The van der Waals surface area contributed by atoms with Crippen LogP contribution < -0.4 is 9.64 Å². The molecule has 0 fully saturated rings. The number of rotatable bonds is 5. The fourth-order valence-electron chi connectivity index (χ4n) is 3.34. The van der Waals surface area contributed by atoms with E-state index in [1.165, 1.54) is 12.1 Å². The lowest BCUT2D eigenvalue weighted by atomic mass is 10.1. The van der Waals surface area contributed by atoms with Crippen molar-refractivity contribution in [1.29, 1.82) is 0 Å². The molecule has 4 rings (SSSR count). The number of carbonyl (C=O) groups is 2. The number of anilines is 1. The molecule has 0 bridgehead atoms. The van der Waals surface area contributed by atoms with E-state index < -0.39 is 5.97 Å². The quantitative estimate of drug-likeness (QED) is 0.540. The Morgan fingerprint density at radius 3 is 2.19 bits per heavy atom. The smallest absolute Gasteiger partial charge is 0.335 e. The number of benzene rings is 3. The highest BCUT2D eigenvalue weighted by Gasteiger charge is 2.30. The van der Waals surface area contributed by atoms with Crippen LogP contribution >= 0.6 is 11.6 Å². The lowest BCUT2D eigenvalue weighted by Gasteiger charge is -2.21. The standard InChI is InChI=1S/C25H18ClNO4/c1-31-22-12-2-16(3-13-22)14-19-15-23(17-4-8-20(26)9-5-17)27(24(19)28)21-10-6-18(7-11-21)25(29)30/h2-15H,1H3,(H,29,30)/b19-14-. The van der Waals surface area contributed by atoms with Crippen molar-refractivity contribution in [3.63, 3.8) is 0 Å². The molecule has 0 saturated heterocycles. The summed E-state index contributed by atoms with van der Waals surface area (Å²) in [5.74, 6) is -0.492. The Balaban J connectivity index is 1.77. The van der Waals surface area contributed by atoms with Crippen LogP contribution in [0.5, 0.6) is 5.75 Å². The number of carboxylic acids is 1. The number of carbonyl (C=O) groups excluding carboxylic acids is 1. The van der Waals surface area contributed by atoms with Crippen molar-refractivity contribution in [2.24, 2.45) is 0 Å². The SMILES string of the molecule is COc1ccc(/C=C2/C=C(c3ccc(Cl)cc3)N(c3ccc(C(=O)O)cc3)C2=O)cc1. The summed E-state index contributed by atoms with van der Waals surface area (Å²) in [5.41, 5.74) is 3.61. The van der Waals surface area contributed by atoms with Gasteiger partial charge in [-0.1, -0.05) is 35.9 Å². The molecule has 0 aliphatic carbocycles. The van der Waals surface area contributed by atoms with E-state index in [0.717, 1.165) is 16.9 Å². The molecule has 0 unspecified atom stereocenters. The Kier molecular flexibility index (Phi) is 5.60. The number of halogens is 1. The summed E-state index contributed by atoms with van der Waals surface area (Å²) >= 11 is 6.03. The molecule has 3 aromatic rings. The number of hydrogen-bond donors (Lipinski definition) is 1. The highest BCUT2D eigenvalue weighted by Crippen LogP contribution is 2.35. The van der Waals surface area contributed by atoms with E-state index in [4.69, 9.17) is 16.3 Å². The Hall–Kier alpha value is -3.83. The topological polar surface area (TPSA) is 66.8 Å². The second kappa shape index (κ2) is 8.50. The molecule has 0 spiro atoms. The minimum Gasteiger partial charge on any atom is -0.497 e. The molecular weight excluding hydrogens is 414 g/mol. The second-order valence-electron chi connectivity index (χ2n) is 6.90. The van der Waals surface area contributed by atoms with Crippen LogP contribution in [-0.2, 0) is 4.79 Å². The Morgan fingerprint density at radius 2 is 1.61 bits per heavy atom. The van der Waals surface area contributed by atoms with Gasteiger partial charge in [0.2, 0.25) is 0 Å². The Labute approximate surface area is 184 Å². The molecule has 0 saturated carbocycles. The van der Waals surface area contributed by atoms with Crippen molar-refractivity contribution in [2.45, 2.75) is 0 Å². The maximum Gasteiger partial charge on any atom is 0.335 e. The first-order valence-electron chi connectivity index (χ1n) is 9.47. The summed E-state index contributed by atoms with van der Waals surface area (Å²) in [7, 11) is 1.60. The van der Waals surface area contributed by atoms with Crippen molar-refractivity contribution in [3.05, 3.63) is 106 Å². The van der Waals surface area contributed by atoms with Gasteiger partial charge in [0.05, 0.1) is 18.4 Å². The van der Waals surface area contributed by atoms with Crippen molar-refractivity contribution in [1.82, 2.24) is 0 Å². The molecule has 1 amide bonds. The van der Waals surface area contributed by atoms with Gasteiger partial charge in [0, 0.05) is 16.3 Å². The van der Waals surface area contributed by atoms with Crippen LogP contribution in [0.15, 0.2) is 84.4 Å². The third kappa shape index (κ3) is 4.22. The molecule has 31 heavy (non-hydrogen) atoms. The van der Waals surface area contributed by atoms with Crippen LogP contribution in [0.25, 0.3) is 11.8 Å². The lowest BCUT2D eigenvalue weighted by Crippen LogP contribution is -2.25. The average Bonchev–Trinajstić information content (AvgIpc) is 3.10. The predicted molar refractivity (Wildman–Crippen MR) is 121 cm³/mol. The summed E-state index contributed by atoms with van der Waals surface area (Å²) in [6.07, 6.45) is 3.63. The summed E-state index contributed by atoms with van der Waals surface area (Å²) in [4.78, 5) is 26.1. The van der Waals surface area contributed by atoms with E-state index in [1.807, 2.05) is 48.6 Å². The van der Waals surface area contributed by atoms with Crippen LogP contribution in [0.1, 0.15) is 21.5 Å². The van der Waals surface area contributed by atoms with Crippen molar-refractivity contribution >= 4 is 40.9 Å². The van der Waals surface area contributed by atoms with Crippen LogP contribution in [0.4, 0.5) is 5.69 Å². The van der Waals surface area contributed by atoms with Gasteiger partial charge in [-0.15, -0.1) is 0 Å². The van der Waals surface area contributed by atoms with Crippen LogP contribution in [-0.4, -0.2) is 24.1 Å². The molecule has 1 aliphatic rings. The van der Waals surface area contributed by atoms with Gasteiger partial charge in [0.15, 0.2) is 0 Å². The second-order valence-corrected chi connectivity index (χ2v) is 7.34. The minimum absolute atomic E-state index is 0.154. The van der Waals surface area contributed by atoms with Crippen LogP contribution in [0.3, 0.4) is 0 Å². The number of aromatic carboxylic acids is 1. The highest BCUT2D eigenvalue weighted by molar-refractivity contribution is 6.30. The average molecular weight is 432 g/mol. The van der Waals surface area contributed by atoms with E-state index in [2.05, 4.69) is 0 Å². The van der Waals surface area contributed by atoms with Crippen molar-refractivity contribution in [3.8, 4) is 5.75 Å². The van der Waals surface area contributed by atoms with Gasteiger partial charge in [0.1, 0.15) is 5.75 Å². The van der Waals surface area contributed by atoms with E-state index in [-0.39, 0.29) is 11.5 Å². The normalized spacial score (nSPS) is 14.6. The van der Waals surface area contributed by atoms with Gasteiger partial charge in [-0.2, -0.15) is 0 Å². The minimum atomic E-state index is -1.02. The maximum atomic E-state index is 13.3. The number of amides is 1. The van der Waals surface area contributed by atoms with Gasteiger partial charge in [0.25, 0.3) is 5.91 Å². The van der Waals surface area contributed by atoms with Gasteiger partial charge in [-0.05, 0) is 71.8 Å².